The summed E-state index contributed by atoms with van der Waals surface area (Å²) in [5, 5.41) is 13.9. The fraction of sp³-hybridized carbons (Fsp3) is 0.455. The normalized spacial score (nSPS) is 23.0. The summed E-state index contributed by atoms with van der Waals surface area (Å²) in [6, 6.07) is 0. The molecule has 1 fully saturated rings. The Kier molecular flexibility index (Phi) is 3.61. The minimum Gasteiger partial charge on any atom is -0.479 e. The lowest BCUT2D eigenvalue weighted by Crippen LogP contribution is -2.55. The predicted molar refractivity (Wildman–Crippen MR) is 67.3 cm³/mol. The quantitative estimate of drug-likeness (QED) is 0.888. The van der Waals surface area contributed by atoms with Gasteiger partial charge in [-0.3, -0.25) is 4.79 Å². The van der Waals surface area contributed by atoms with Crippen molar-refractivity contribution in [2.24, 2.45) is 0 Å². The maximum Gasteiger partial charge on any atom is 0.331 e. The summed E-state index contributed by atoms with van der Waals surface area (Å²) in [4.78, 5) is 23.6. The first kappa shape index (κ1) is 13.3. The van der Waals surface area contributed by atoms with Gasteiger partial charge in [-0.05, 0) is 17.9 Å². The van der Waals surface area contributed by atoms with Crippen LogP contribution in [0, 0.1) is 6.92 Å². The first-order valence-electron chi connectivity index (χ1n) is 5.33. The van der Waals surface area contributed by atoms with Crippen LogP contribution in [0.1, 0.15) is 21.7 Å². The van der Waals surface area contributed by atoms with Gasteiger partial charge in [0, 0.05) is 13.0 Å². The fourth-order valence-corrected chi connectivity index (χ4v) is 2.92. The highest BCUT2D eigenvalue weighted by molar-refractivity contribution is 7.13. The summed E-state index contributed by atoms with van der Waals surface area (Å²) in [5.74, 6) is -1.55. The molecule has 2 rings (SSSR count). The lowest BCUT2D eigenvalue weighted by atomic mass is 9.99. The molecule has 1 aliphatic heterocycles. The van der Waals surface area contributed by atoms with Crippen molar-refractivity contribution in [1.82, 2.24) is 5.32 Å². The van der Waals surface area contributed by atoms with E-state index < -0.39 is 17.4 Å². The predicted octanol–water partition coefficient (Wildman–Crippen LogP) is 1.68. The Morgan fingerprint density at radius 1 is 1.61 bits per heavy atom. The van der Waals surface area contributed by atoms with Crippen LogP contribution in [-0.2, 0) is 9.53 Å². The number of carbonyl (C=O) groups is 2. The van der Waals surface area contributed by atoms with E-state index >= 15 is 0 Å². The first-order chi connectivity index (χ1) is 8.46. The van der Waals surface area contributed by atoms with E-state index in [9.17, 15) is 14.7 Å². The van der Waals surface area contributed by atoms with Gasteiger partial charge in [-0.2, -0.15) is 0 Å². The van der Waals surface area contributed by atoms with Gasteiger partial charge in [0.25, 0.3) is 5.91 Å². The van der Waals surface area contributed by atoms with Crippen LogP contribution in [0.4, 0.5) is 0 Å². The highest BCUT2D eigenvalue weighted by Gasteiger charge is 2.44. The average molecular weight is 290 g/mol. The molecule has 1 atom stereocenters. The van der Waals surface area contributed by atoms with E-state index in [-0.39, 0.29) is 13.0 Å². The number of carboxylic acids is 1. The van der Waals surface area contributed by atoms with Gasteiger partial charge in [-0.25, -0.2) is 4.79 Å². The van der Waals surface area contributed by atoms with Crippen LogP contribution in [-0.4, -0.2) is 35.7 Å². The first-order valence-corrected chi connectivity index (χ1v) is 6.59. The molecule has 5 nitrogen and oxygen atoms in total. The number of hydrogen-bond acceptors (Lipinski definition) is 4. The number of nitrogens with one attached hydrogen (secondary N) is 1. The highest BCUT2D eigenvalue weighted by Crippen LogP contribution is 2.28. The monoisotopic (exact) mass is 289 g/mol. The molecule has 1 unspecified atom stereocenters. The minimum atomic E-state index is -1.34. The Labute approximate surface area is 113 Å². The molecule has 0 aromatic carbocycles. The summed E-state index contributed by atoms with van der Waals surface area (Å²) in [6.45, 7) is 2.10. The number of rotatable bonds is 3. The minimum absolute atomic E-state index is 0.0178. The molecule has 1 aromatic rings. The van der Waals surface area contributed by atoms with E-state index in [1.54, 1.807) is 12.3 Å². The Bertz CT molecular complexity index is 493. The van der Waals surface area contributed by atoms with Gasteiger partial charge in [0.15, 0.2) is 5.54 Å². The van der Waals surface area contributed by atoms with Crippen molar-refractivity contribution >= 4 is 34.8 Å². The zero-order valence-corrected chi connectivity index (χ0v) is 11.2. The summed E-state index contributed by atoms with van der Waals surface area (Å²) in [7, 11) is 0. The molecule has 0 saturated carbocycles. The summed E-state index contributed by atoms with van der Waals surface area (Å²) >= 11 is 7.19. The van der Waals surface area contributed by atoms with E-state index in [1.807, 2.05) is 0 Å². The van der Waals surface area contributed by atoms with Crippen molar-refractivity contribution in [2.45, 2.75) is 18.9 Å². The fourth-order valence-electron chi connectivity index (χ4n) is 1.74. The third-order valence-electron chi connectivity index (χ3n) is 2.89. The Balaban J connectivity index is 2.20. The molecule has 0 bridgehead atoms. The van der Waals surface area contributed by atoms with Crippen molar-refractivity contribution in [1.29, 1.82) is 0 Å². The summed E-state index contributed by atoms with van der Waals surface area (Å²) in [5.41, 5.74) is -0.531. The van der Waals surface area contributed by atoms with Crippen molar-refractivity contribution in [3.8, 4) is 0 Å². The smallest absolute Gasteiger partial charge is 0.331 e. The highest BCUT2D eigenvalue weighted by atomic mass is 35.5. The second-order valence-corrected chi connectivity index (χ2v) is 5.46. The molecule has 98 valence electrons. The third-order valence-corrected chi connectivity index (χ3v) is 4.58. The van der Waals surface area contributed by atoms with Gasteiger partial charge < -0.3 is 15.2 Å². The second kappa shape index (κ2) is 4.87. The van der Waals surface area contributed by atoms with Gasteiger partial charge >= 0.3 is 5.97 Å². The zero-order chi connectivity index (χ0) is 13.3. The van der Waals surface area contributed by atoms with Crippen LogP contribution >= 0.6 is 22.9 Å². The second-order valence-electron chi connectivity index (χ2n) is 4.21. The molecule has 1 aromatic heterocycles. The van der Waals surface area contributed by atoms with Crippen LogP contribution in [0.5, 0.6) is 0 Å². The number of thiophene rings is 1. The molecule has 18 heavy (non-hydrogen) atoms. The van der Waals surface area contributed by atoms with Gasteiger partial charge in [0.05, 0.1) is 11.6 Å². The van der Waals surface area contributed by atoms with Gasteiger partial charge in [-0.15, -0.1) is 11.3 Å². The maximum absolute atomic E-state index is 12.0. The Morgan fingerprint density at radius 3 is 2.78 bits per heavy atom. The maximum atomic E-state index is 12.0. The number of aliphatic carboxylic acids is 1. The molecule has 2 N–H and O–H groups in total. The van der Waals surface area contributed by atoms with Crippen molar-refractivity contribution in [3.05, 3.63) is 20.8 Å². The summed E-state index contributed by atoms with van der Waals surface area (Å²) in [6.07, 6.45) is 0.260. The largest absolute Gasteiger partial charge is 0.479 e. The lowest BCUT2D eigenvalue weighted by Gasteiger charge is -2.23. The SMILES string of the molecule is Cc1csc(C(=O)NC2(C(=O)O)CCOC2)c1Cl. The standard InChI is InChI=1S/C11H12ClNO4S/c1-6-4-18-8(7(6)12)9(14)13-11(10(15)16)2-3-17-5-11/h4H,2-3,5H2,1H3,(H,13,14)(H,15,16). The molecule has 1 saturated heterocycles. The molecular formula is C11H12ClNO4S. The van der Waals surface area contributed by atoms with E-state index in [0.717, 1.165) is 5.56 Å². The van der Waals surface area contributed by atoms with E-state index in [1.165, 1.54) is 11.3 Å². The summed E-state index contributed by atoms with van der Waals surface area (Å²) < 4.78 is 5.07. The van der Waals surface area contributed by atoms with E-state index in [4.69, 9.17) is 16.3 Å². The van der Waals surface area contributed by atoms with Crippen LogP contribution < -0.4 is 5.32 Å². The Hall–Kier alpha value is -1.11. The van der Waals surface area contributed by atoms with E-state index in [2.05, 4.69) is 5.32 Å². The van der Waals surface area contributed by atoms with Crippen LogP contribution in [0.3, 0.4) is 0 Å². The number of ether oxygens (including phenoxy) is 1. The molecule has 0 spiro atoms. The van der Waals surface area contributed by atoms with Gasteiger partial charge in [-0.1, -0.05) is 11.6 Å². The average Bonchev–Trinajstić information content (AvgIpc) is 2.89. The number of carbonyl (C=O) groups excluding carboxylic acids is 1. The molecule has 1 amide bonds. The molecule has 0 aliphatic carbocycles. The van der Waals surface area contributed by atoms with Crippen LogP contribution in [0.15, 0.2) is 5.38 Å². The molecular weight excluding hydrogens is 278 g/mol. The van der Waals surface area contributed by atoms with Crippen molar-refractivity contribution in [3.63, 3.8) is 0 Å². The van der Waals surface area contributed by atoms with Crippen LogP contribution in [0.2, 0.25) is 5.02 Å². The molecule has 7 heteroatoms. The Morgan fingerprint density at radius 2 is 2.33 bits per heavy atom. The number of carboxylic acid groups (broad SMARTS) is 1. The van der Waals surface area contributed by atoms with Crippen LogP contribution in [0.25, 0.3) is 0 Å². The molecule has 2 heterocycles. The zero-order valence-electron chi connectivity index (χ0n) is 9.66. The van der Waals surface area contributed by atoms with E-state index in [0.29, 0.717) is 16.5 Å². The van der Waals surface area contributed by atoms with Crippen molar-refractivity contribution in [2.75, 3.05) is 13.2 Å². The topological polar surface area (TPSA) is 75.6 Å². The lowest BCUT2D eigenvalue weighted by molar-refractivity contribution is -0.144. The number of aryl methyl sites for hydroxylation is 1. The molecule has 1 aliphatic rings. The van der Waals surface area contributed by atoms with Gasteiger partial charge in [0.2, 0.25) is 0 Å². The third kappa shape index (κ3) is 2.23. The van der Waals surface area contributed by atoms with Crippen molar-refractivity contribution < 1.29 is 19.4 Å². The number of amides is 1. The molecule has 0 radical (unpaired) electrons. The number of halogens is 1. The van der Waals surface area contributed by atoms with Gasteiger partial charge in [0.1, 0.15) is 4.88 Å². The number of hydrogen-bond donors (Lipinski definition) is 2.